The summed E-state index contributed by atoms with van der Waals surface area (Å²) < 4.78 is 0. The number of hydrogen-bond donors (Lipinski definition) is 1. The summed E-state index contributed by atoms with van der Waals surface area (Å²) in [5.41, 5.74) is 2.16. The zero-order chi connectivity index (χ0) is 13.5. The molecule has 1 saturated heterocycles. The fourth-order valence-corrected chi connectivity index (χ4v) is 2.72. The molecule has 3 nitrogen and oxygen atoms in total. The van der Waals surface area contributed by atoms with Gasteiger partial charge >= 0.3 is 0 Å². The summed E-state index contributed by atoms with van der Waals surface area (Å²) in [5, 5.41) is 2.94. The van der Waals surface area contributed by atoms with E-state index in [1.54, 1.807) is 11.8 Å². The number of nitrogens with one attached hydrogen (secondary N) is 1. The van der Waals surface area contributed by atoms with E-state index in [4.69, 9.17) is 0 Å². The predicted octanol–water partition coefficient (Wildman–Crippen LogP) is 3.37. The molecule has 0 aromatic heterocycles. The van der Waals surface area contributed by atoms with E-state index in [-0.39, 0.29) is 5.91 Å². The van der Waals surface area contributed by atoms with E-state index in [9.17, 15) is 4.79 Å². The molecule has 1 fully saturated rings. The first-order valence-corrected chi connectivity index (χ1v) is 8.33. The number of hydrogen-bond acceptors (Lipinski definition) is 3. The molecule has 1 aromatic rings. The number of rotatable bonds is 5. The highest BCUT2D eigenvalue weighted by molar-refractivity contribution is 7.98. The van der Waals surface area contributed by atoms with Crippen molar-refractivity contribution in [1.82, 2.24) is 0 Å². The van der Waals surface area contributed by atoms with E-state index in [1.165, 1.54) is 24.9 Å². The molecule has 0 saturated carbocycles. The van der Waals surface area contributed by atoms with E-state index in [0.29, 0.717) is 6.42 Å². The maximum Gasteiger partial charge on any atom is 0.225 e. The largest absolute Gasteiger partial charge is 0.372 e. The zero-order valence-electron chi connectivity index (χ0n) is 11.5. The van der Waals surface area contributed by atoms with Crippen LogP contribution in [0.4, 0.5) is 11.4 Å². The van der Waals surface area contributed by atoms with Gasteiger partial charge in [0.2, 0.25) is 5.91 Å². The lowest BCUT2D eigenvalue weighted by Crippen LogP contribution is -2.29. The van der Waals surface area contributed by atoms with Crippen LogP contribution in [0.3, 0.4) is 0 Å². The third kappa shape index (κ3) is 4.46. The second-order valence-corrected chi connectivity index (χ2v) is 5.87. The van der Waals surface area contributed by atoms with E-state index >= 15 is 0 Å². The highest BCUT2D eigenvalue weighted by Gasteiger charge is 2.10. The number of carbonyl (C=O) groups excluding carboxylic acids is 1. The third-order valence-electron chi connectivity index (χ3n) is 3.41. The lowest BCUT2D eigenvalue weighted by molar-refractivity contribution is -0.115. The monoisotopic (exact) mass is 278 g/mol. The van der Waals surface area contributed by atoms with Crippen LogP contribution >= 0.6 is 11.8 Å². The molecular formula is C15H22N2OS. The molecule has 1 aliphatic heterocycles. The molecule has 0 radical (unpaired) electrons. The van der Waals surface area contributed by atoms with Gasteiger partial charge in [-0.25, -0.2) is 0 Å². The van der Waals surface area contributed by atoms with Crippen molar-refractivity contribution in [1.29, 1.82) is 0 Å². The van der Waals surface area contributed by atoms with Gasteiger partial charge in [-0.05, 0) is 49.8 Å². The van der Waals surface area contributed by atoms with Gasteiger partial charge in [-0.1, -0.05) is 0 Å². The van der Waals surface area contributed by atoms with Crippen LogP contribution in [-0.4, -0.2) is 31.0 Å². The summed E-state index contributed by atoms with van der Waals surface area (Å²) in [5.74, 6) is 0.970. The first-order chi connectivity index (χ1) is 9.29. The van der Waals surface area contributed by atoms with Crippen molar-refractivity contribution in [3.63, 3.8) is 0 Å². The smallest absolute Gasteiger partial charge is 0.225 e. The van der Waals surface area contributed by atoms with Crippen molar-refractivity contribution in [3.8, 4) is 0 Å². The summed E-state index contributed by atoms with van der Waals surface area (Å²) in [6.45, 7) is 2.30. The molecule has 1 heterocycles. The lowest BCUT2D eigenvalue weighted by Gasteiger charge is -2.28. The fourth-order valence-electron chi connectivity index (χ4n) is 2.33. The molecule has 19 heavy (non-hydrogen) atoms. The molecule has 0 spiro atoms. The average molecular weight is 278 g/mol. The molecule has 0 bridgehead atoms. The van der Waals surface area contributed by atoms with Crippen LogP contribution < -0.4 is 10.2 Å². The van der Waals surface area contributed by atoms with E-state index in [0.717, 1.165) is 24.5 Å². The number of amides is 1. The Labute approximate surface area is 119 Å². The minimum atomic E-state index is 0.0973. The van der Waals surface area contributed by atoms with Gasteiger partial charge in [0.15, 0.2) is 0 Å². The molecule has 0 atom stereocenters. The normalized spacial score (nSPS) is 15.3. The summed E-state index contributed by atoms with van der Waals surface area (Å²) in [6.07, 6.45) is 6.51. The van der Waals surface area contributed by atoms with Crippen LogP contribution in [0.5, 0.6) is 0 Å². The Morgan fingerprint density at radius 1 is 1.21 bits per heavy atom. The summed E-state index contributed by atoms with van der Waals surface area (Å²) in [4.78, 5) is 14.0. The van der Waals surface area contributed by atoms with Crippen molar-refractivity contribution in [2.75, 3.05) is 35.3 Å². The first kappa shape index (κ1) is 14.3. The molecule has 1 aromatic carbocycles. The predicted molar refractivity (Wildman–Crippen MR) is 84.1 cm³/mol. The highest BCUT2D eigenvalue weighted by Crippen LogP contribution is 2.21. The van der Waals surface area contributed by atoms with Gasteiger partial charge in [0, 0.05) is 36.6 Å². The molecule has 2 rings (SSSR count). The molecule has 1 amide bonds. The number of nitrogens with zero attached hydrogens (tertiary/aromatic N) is 1. The van der Waals surface area contributed by atoms with Gasteiger partial charge in [0.05, 0.1) is 0 Å². The van der Waals surface area contributed by atoms with Crippen LogP contribution in [0.25, 0.3) is 0 Å². The Bertz CT molecular complexity index is 399. The van der Waals surface area contributed by atoms with Crippen LogP contribution in [0.15, 0.2) is 24.3 Å². The number of anilines is 2. The number of piperidine rings is 1. The van der Waals surface area contributed by atoms with E-state index in [1.807, 2.05) is 18.4 Å². The van der Waals surface area contributed by atoms with Gasteiger partial charge < -0.3 is 10.2 Å². The number of thioether (sulfide) groups is 1. The molecule has 1 N–H and O–H groups in total. The van der Waals surface area contributed by atoms with Crippen molar-refractivity contribution >= 4 is 29.0 Å². The minimum absolute atomic E-state index is 0.0973. The van der Waals surface area contributed by atoms with Gasteiger partial charge in [0.25, 0.3) is 0 Å². The second-order valence-electron chi connectivity index (χ2n) is 4.89. The quantitative estimate of drug-likeness (QED) is 0.896. The Hall–Kier alpha value is -1.16. The van der Waals surface area contributed by atoms with Crippen LogP contribution in [0.2, 0.25) is 0 Å². The lowest BCUT2D eigenvalue weighted by atomic mass is 10.1. The highest BCUT2D eigenvalue weighted by atomic mass is 32.2. The van der Waals surface area contributed by atoms with Gasteiger partial charge in [-0.3, -0.25) is 4.79 Å². The van der Waals surface area contributed by atoms with Crippen molar-refractivity contribution < 1.29 is 4.79 Å². The van der Waals surface area contributed by atoms with Crippen molar-refractivity contribution in [3.05, 3.63) is 24.3 Å². The average Bonchev–Trinajstić information content (AvgIpc) is 2.47. The summed E-state index contributed by atoms with van der Waals surface area (Å²) in [7, 11) is 0. The molecule has 104 valence electrons. The Morgan fingerprint density at radius 3 is 2.53 bits per heavy atom. The molecule has 4 heteroatoms. The standard InChI is InChI=1S/C15H22N2OS/c1-19-12-9-15(18)16-13-5-7-14(8-6-13)17-10-3-2-4-11-17/h5-8H,2-4,9-12H2,1H3,(H,16,18). The summed E-state index contributed by atoms with van der Waals surface area (Å²) in [6, 6.07) is 8.22. The molecule has 0 unspecified atom stereocenters. The topological polar surface area (TPSA) is 32.3 Å². The van der Waals surface area contributed by atoms with Crippen molar-refractivity contribution in [2.24, 2.45) is 0 Å². The minimum Gasteiger partial charge on any atom is -0.372 e. The number of carbonyl (C=O) groups is 1. The van der Waals surface area contributed by atoms with Crippen molar-refractivity contribution in [2.45, 2.75) is 25.7 Å². The maximum atomic E-state index is 11.6. The van der Waals surface area contributed by atoms with Crippen LogP contribution in [0, 0.1) is 0 Å². The maximum absolute atomic E-state index is 11.6. The van der Waals surface area contributed by atoms with Crippen LogP contribution in [-0.2, 0) is 4.79 Å². The molecule has 0 aliphatic carbocycles. The zero-order valence-corrected chi connectivity index (χ0v) is 12.3. The molecule has 1 aliphatic rings. The van der Waals surface area contributed by atoms with Gasteiger partial charge in [-0.2, -0.15) is 11.8 Å². The third-order valence-corrected chi connectivity index (χ3v) is 4.02. The second kappa shape index (κ2) is 7.43. The van der Waals surface area contributed by atoms with Gasteiger partial charge in [-0.15, -0.1) is 0 Å². The van der Waals surface area contributed by atoms with Crippen LogP contribution in [0.1, 0.15) is 25.7 Å². The number of benzene rings is 1. The first-order valence-electron chi connectivity index (χ1n) is 6.93. The fraction of sp³-hybridized carbons (Fsp3) is 0.533. The Morgan fingerprint density at radius 2 is 1.89 bits per heavy atom. The molecular weight excluding hydrogens is 256 g/mol. The summed E-state index contributed by atoms with van der Waals surface area (Å²) >= 11 is 1.69. The van der Waals surface area contributed by atoms with Gasteiger partial charge in [0.1, 0.15) is 0 Å². The SMILES string of the molecule is CSCCC(=O)Nc1ccc(N2CCCCC2)cc1. The Balaban J connectivity index is 1.88. The Kier molecular flexibility index (Phi) is 5.58. The van der Waals surface area contributed by atoms with E-state index < -0.39 is 0 Å². The van der Waals surface area contributed by atoms with E-state index in [2.05, 4.69) is 22.3 Å².